The van der Waals surface area contributed by atoms with Crippen LogP contribution in [-0.2, 0) is 4.79 Å². The van der Waals surface area contributed by atoms with E-state index in [4.69, 9.17) is 34.8 Å². The summed E-state index contributed by atoms with van der Waals surface area (Å²) in [6.07, 6.45) is 2.49. The van der Waals surface area contributed by atoms with Crippen molar-refractivity contribution in [3.63, 3.8) is 0 Å². The predicted molar refractivity (Wildman–Crippen MR) is 118 cm³/mol. The Morgan fingerprint density at radius 1 is 0.929 bits per heavy atom. The molecule has 0 unspecified atom stereocenters. The standard InChI is InChI=1S/C21H22Cl3N3O/c22-21(23,24)20(25-19(28)12-11-17-7-3-1-4-8-17)27-15-13-26(14-16-27)18-9-5-2-6-10-18/h1-12,20H,13-16H2,(H,25,28)/b12-11+/t20-/m0/s1. The molecule has 1 aliphatic rings. The van der Waals surface area contributed by atoms with Crippen molar-refractivity contribution in [3.05, 3.63) is 72.3 Å². The lowest BCUT2D eigenvalue weighted by Crippen LogP contribution is -2.60. The minimum atomic E-state index is -1.63. The molecule has 1 heterocycles. The number of para-hydroxylation sites is 1. The van der Waals surface area contributed by atoms with Gasteiger partial charge in [-0.3, -0.25) is 9.69 Å². The van der Waals surface area contributed by atoms with E-state index in [1.54, 1.807) is 6.08 Å². The summed E-state index contributed by atoms with van der Waals surface area (Å²) in [5.74, 6) is -0.300. The first-order valence-corrected chi connectivity index (χ1v) is 10.2. The number of halogens is 3. The van der Waals surface area contributed by atoms with Crippen LogP contribution in [0.15, 0.2) is 66.7 Å². The van der Waals surface area contributed by atoms with Crippen LogP contribution in [0.4, 0.5) is 5.69 Å². The number of hydrogen-bond acceptors (Lipinski definition) is 3. The van der Waals surface area contributed by atoms with Crippen LogP contribution in [0.2, 0.25) is 0 Å². The van der Waals surface area contributed by atoms with Crippen molar-refractivity contribution in [2.24, 2.45) is 0 Å². The maximum Gasteiger partial charge on any atom is 0.245 e. The second kappa shape index (κ2) is 9.66. The Hall–Kier alpha value is -1.72. The van der Waals surface area contributed by atoms with Gasteiger partial charge in [0.25, 0.3) is 0 Å². The summed E-state index contributed by atoms with van der Waals surface area (Å²) in [6, 6.07) is 19.8. The smallest absolute Gasteiger partial charge is 0.245 e. The first-order valence-electron chi connectivity index (χ1n) is 9.08. The molecule has 1 aliphatic heterocycles. The Morgan fingerprint density at radius 2 is 1.50 bits per heavy atom. The molecule has 28 heavy (non-hydrogen) atoms. The van der Waals surface area contributed by atoms with Crippen molar-refractivity contribution < 1.29 is 4.79 Å². The minimum absolute atomic E-state index is 0.300. The van der Waals surface area contributed by atoms with E-state index in [0.717, 1.165) is 18.7 Å². The predicted octanol–water partition coefficient (Wildman–Crippen LogP) is 4.33. The fraction of sp³-hybridized carbons (Fsp3) is 0.286. The average molecular weight is 439 g/mol. The largest absolute Gasteiger partial charge is 0.369 e. The molecule has 1 amide bonds. The Kier molecular flexibility index (Phi) is 7.24. The number of alkyl halides is 3. The highest BCUT2D eigenvalue weighted by molar-refractivity contribution is 6.68. The summed E-state index contributed by atoms with van der Waals surface area (Å²) in [7, 11) is 0. The highest BCUT2D eigenvalue weighted by atomic mass is 35.6. The van der Waals surface area contributed by atoms with Crippen LogP contribution >= 0.6 is 34.8 Å². The molecule has 7 heteroatoms. The second-order valence-corrected chi connectivity index (χ2v) is 8.92. The van der Waals surface area contributed by atoms with Gasteiger partial charge in [-0.15, -0.1) is 0 Å². The fourth-order valence-electron chi connectivity index (χ4n) is 3.18. The van der Waals surface area contributed by atoms with E-state index < -0.39 is 9.96 Å². The number of nitrogens with one attached hydrogen (secondary N) is 1. The lowest BCUT2D eigenvalue weighted by Gasteiger charge is -2.42. The summed E-state index contributed by atoms with van der Waals surface area (Å²) in [5, 5.41) is 2.84. The van der Waals surface area contributed by atoms with Gasteiger partial charge in [0.15, 0.2) is 0 Å². The van der Waals surface area contributed by atoms with Crippen molar-refractivity contribution in [2.75, 3.05) is 31.1 Å². The summed E-state index contributed by atoms with van der Waals surface area (Å²) in [6.45, 7) is 2.93. The molecular formula is C21H22Cl3N3O. The zero-order valence-electron chi connectivity index (χ0n) is 15.3. The normalized spacial score (nSPS) is 16.9. The molecule has 0 aliphatic carbocycles. The molecular weight excluding hydrogens is 417 g/mol. The molecule has 148 valence electrons. The minimum Gasteiger partial charge on any atom is -0.369 e. The number of carbonyl (C=O) groups excluding carboxylic acids is 1. The Balaban J connectivity index is 1.61. The molecule has 0 radical (unpaired) electrons. The third-order valence-electron chi connectivity index (χ3n) is 4.62. The highest BCUT2D eigenvalue weighted by Crippen LogP contribution is 2.33. The molecule has 2 aromatic carbocycles. The van der Waals surface area contributed by atoms with E-state index in [2.05, 4.69) is 22.3 Å². The Bertz CT molecular complexity index is 786. The Morgan fingerprint density at radius 3 is 2.07 bits per heavy atom. The SMILES string of the molecule is O=C(/C=C/c1ccccc1)N[C@@H](N1CCN(c2ccccc2)CC1)C(Cl)(Cl)Cl. The quantitative estimate of drug-likeness (QED) is 0.557. The second-order valence-electron chi connectivity index (χ2n) is 6.56. The first kappa shape index (κ1) is 21.0. The summed E-state index contributed by atoms with van der Waals surface area (Å²) >= 11 is 18.6. The van der Waals surface area contributed by atoms with Gasteiger partial charge in [-0.1, -0.05) is 83.3 Å². The van der Waals surface area contributed by atoms with Gasteiger partial charge in [0.2, 0.25) is 9.70 Å². The number of nitrogens with zero attached hydrogens (tertiary/aromatic N) is 2. The molecule has 0 aromatic heterocycles. The van der Waals surface area contributed by atoms with E-state index in [1.807, 2.05) is 53.4 Å². The molecule has 4 nitrogen and oxygen atoms in total. The van der Waals surface area contributed by atoms with Crippen molar-refractivity contribution in [1.29, 1.82) is 0 Å². The van der Waals surface area contributed by atoms with E-state index in [9.17, 15) is 4.79 Å². The molecule has 1 atom stereocenters. The number of benzene rings is 2. The lowest BCUT2D eigenvalue weighted by molar-refractivity contribution is -0.118. The van der Waals surface area contributed by atoms with Crippen LogP contribution in [0.1, 0.15) is 5.56 Å². The van der Waals surface area contributed by atoms with E-state index in [-0.39, 0.29) is 5.91 Å². The molecule has 1 fully saturated rings. The van der Waals surface area contributed by atoms with E-state index >= 15 is 0 Å². The molecule has 0 bridgehead atoms. The van der Waals surface area contributed by atoms with Gasteiger partial charge in [-0.2, -0.15) is 0 Å². The van der Waals surface area contributed by atoms with Gasteiger partial charge in [0.1, 0.15) is 6.17 Å². The maximum absolute atomic E-state index is 12.4. The van der Waals surface area contributed by atoms with E-state index in [1.165, 1.54) is 11.8 Å². The first-order chi connectivity index (χ1) is 13.4. The van der Waals surface area contributed by atoms with Crippen molar-refractivity contribution in [2.45, 2.75) is 9.96 Å². The Labute approximate surface area is 180 Å². The summed E-state index contributed by atoms with van der Waals surface area (Å²) in [4.78, 5) is 16.7. The summed E-state index contributed by atoms with van der Waals surface area (Å²) < 4.78 is -1.63. The average Bonchev–Trinajstić information content (AvgIpc) is 2.71. The topological polar surface area (TPSA) is 35.6 Å². The fourth-order valence-corrected chi connectivity index (χ4v) is 3.75. The van der Waals surface area contributed by atoms with Crippen LogP contribution in [-0.4, -0.2) is 46.9 Å². The number of hydrogen-bond donors (Lipinski definition) is 1. The molecule has 0 saturated carbocycles. The van der Waals surface area contributed by atoms with Crippen LogP contribution in [0.3, 0.4) is 0 Å². The molecule has 1 saturated heterocycles. The van der Waals surface area contributed by atoms with Crippen molar-refractivity contribution >= 4 is 52.5 Å². The maximum atomic E-state index is 12.4. The number of piperazine rings is 1. The van der Waals surface area contributed by atoms with Crippen LogP contribution in [0.5, 0.6) is 0 Å². The zero-order chi connectivity index (χ0) is 20.0. The number of carbonyl (C=O) groups is 1. The third kappa shape index (κ3) is 5.89. The summed E-state index contributed by atoms with van der Waals surface area (Å²) in [5.41, 5.74) is 2.10. The van der Waals surface area contributed by atoms with Gasteiger partial charge in [-0.25, -0.2) is 0 Å². The number of amides is 1. The molecule has 1 N–H and O–H groups in total. The highest BCUT2D eigenvalue weighted by Gasteiger charge is 2.39. The van der Waals surface area contributed by atoms with Gasteiger partial charge in [0, 0.05) is 37.9 Å². The van der Waals surface area contributed by atoms with Gasteiger partial charge >= 0.3 is 0 Å². The van der Waals surface area contributed by atoms with Crippen LogP contribution in [0, 0.1) is 0 Å². The monoisotopic (exact) mass is 437 g/mol. The van der Waals surface area contributed by atoms with Gasteiger partial charge in [0.05, 0.1) is 0 Å². The zero-order valence-corrected chi connectivity index (χ0v) is 17.5. The van der Waals surface area contributed by atoms with Crippen LogP contribution < -0.4 is 10.2 Å². The third-order valence-corrected chi connectivity index (χ3v) is 5.24. The van der Waals surface area contributed by atoms with Crippen molar-refractivity contribution in [1.82, 2.24) is 10.2 Å². The van der Waals surface area contributed by atoms with Gasteiger partial charge < -0.3 is 10.2 Å². The van der Waals surface area contributed by atoms with Gasteiger partial charge in [-0.05, 0) is 23.8 Å². The molecule has 2 aromatic rings. The molecule has 3 rings (SSSR count). The molecule has 0 spiro atoms. The van der Waals surface area contributed by atoms with Crippen molar-refractivity contribution in [3.8, 4) is 0 Å². The van der Waals surface area contributed by atoms with E-state index in [0.29, 0.717) is 13.1 Å². The number of rotatable bonds is 5. The lowest BCUT2D eigenvalue weighted by atomic mass is 10.2. The van der Waals surface area contributed by atoms with Crippen LogP contribution in [0.25, 0.3) is 6.08 Å². The number of anilines is 1.